The van der Waals surface area contributed by atoms with Crippen LogP contribution in [0, 0.1) is 6.92 Å². The zero-order chi connectivity index (χ0) is 17.1. The van der Waals surface area contributed by atoms with Gasteiger partial charge in [0.25, 0.3) is 5.91 Å². The number of hydrogen-bond acceptors (Lipinski definition) is 4. The summed E-state index contributed by atoms with van der Waals surface area (Å²) in [5, 5.41) is 0.373. The first-order valence-electron chi connectivity index (χ1n) is 7.59. The van der Waals surface area contributed by atoms with Crippen molar-refractivity contribution in [3.63, 3.8) is 0 Å². The first-order chi connectivity index (χ1) is 11.6. The van der Waals surface area contributed by atoms with E-state index in [0.29, 0.717) is 35.2 Å². The highest BCUT2D eigenvalue weighted by molar-refractivity contribution is 6.32. The number of aryl methyl sites for hydroxylation is 1. The lowest BCUT2D eigenvalue weighted by Crippen LogP contribution is -2.30. The fourth-order valence-electron chi connectivity index (χ4n) is 2.42. The molecule has 0 radical (unpaired) electrons. The third-order valence-corrected chi connectivity index (χ3v) is 4.08. The van der Waals surface area contributed by atoms with Crippen LogP contribution in [0.25, 0.3) is 0 Å². The third-order valence-electron chi connectivity index (χ3n) is 3.80. The lowest BCUT2D eigenvalue weighted by molar-refractivity contribution is 0.0773. The molecule has 1 aliphatic rings. The highest BCUT2D eigenvalue weighted by atomic mass is 35.5. The molecule has 0 spiro atoms. The second kappa shape index (κ2) is 7.01. The quantitative estimate of drug-likeness (QED) is 0.830. The zero-order valence-corrected chi connectivity index (χ0v) is 14.3. The van der Waals surface area contributed by atoms with Crippen molar-refractivity contribution in [2.24, 2.45) is 0 Å². The number of amides is 1. The summed E-state index contributed by atoms with van der Waals surface area (Å²) in [7, 11) is 1.72. The molecular weight excluding hydrogens is 330 g/mol. The molecule has 0 unspecified atom stereocenters. The molecule has 1 heterocycles. The largest absolute Gasteiger partial charge is 0.491 e. The van der Waals surface area contributed by atoms with Gasteiger partial charge in [0.05, 0.1) is 11.6 Å². The van der Waals surface area contributed by atoms with Crippen LogP contribution in [0.2, 0.25) is 5.02 Å². The Labute approximate surface area is 145 Å². The first kappa shape index (κ1) is 16.5. The van der Waals surface area contributed by atoms with Crippen LogP contribution in [-0.2, 0) is 0 Å². The second-order valence-corrected chi connectivity index (χ2v) is 5.94. The molecule has 6 heteroatoms. The molecule has 24 heavy (non-hydrogen) atoms. The van der Waals surface area contributed by atoms with Crippen molar-refractivity contribution in [2.45, 2.75) is 6.92 Å². The maximum atomic E-state index is 12.5. The molecule has 0 bridgehead atoms. The predicted octanol–water partition coefficient (Wildman–Crippen LogP) is 3.53. The second-order valence-electron chi connectivity index (χ2n) is 5.53. The Kier molecular flexibility index (Phi) is 4.81. The van der Waals surface area contributed by atoms with Gasteiger partial charge in [-0.25, -0.2) is 0 Å². The lowest BCUT2D eigenvalue weighted by atomic mass is 10.1. The van der Waals surface area contributed by atoms with E-state index in [2.05, 4.69) is 0 Å². The molecule has 3 rings (SSSR count). The van der Waals surface area contributed by atoms with E-state index in [1.54, 1.807) is 24.1 Å². The number of carbonyl (C=O) groups is 1. The van der Waals surface area contributed by atoms with E-state index in [4.69, 9.17) is 25.8 Å². The Hall–Kier alpha value is -2.40. The summed E-state index contributed by atoms with van der Waals surface area (Å²) in [4.78, 5) is 14.1. The molecule has 1 amide bonds. The summed E-state index contributed by atoms with van der Waals surface area (Å²) in [6.45, 7) is 2.97. The maximum Gasteiger partial charge on any atom is 0.253 e. The molecule has 0 aromatic heterocycles. The molecular formula is C18H18ClNO4. The van der Waals surface area contributed by atoms with E-state index in [9.17, 15) is 4.79 Å². The van der Waals surface area contributed by atoms with Gasteiger partial charge < -0.3 is 19.1 Å². The normalized spacial score (nSPS) is 12.1. The van der Waals surface area contributed by atoms with Crippen molar-refractivity contribution in [3.05, 3.63) is 52.5 Å². The number of hydrogen-bond donors (Lipinski definition) is 0. The van der Waals surface area contributed by atoms with Gasteiger partial charge in [-0.05, 0) is 30.7 Å². The number of carbonyl (C=O) groups excluding carboxylic acids is 1. The lowest BCUT2D eigenvalue weighted by Gasteiger charge is -2.18. The maximum absolute atomic E-state index is 12.5. The standard InChI is InChI=1S/C18H18ClNO4/c1-12-5-3-4-6-15(12)22-8-7-20(2)18(21)13-9-14(19)17-16(10-13)23-11-24-17/h3-6,9-10H,7-8,11H2,1-2H3. The van der Waals surface area contributed by atoms with E-state index in [0.717, 1.165) is 11.3 Å². The van der Waals surface area contributed by atoms with E-state index < -0.39 is 0 Å². The molecule has 0 fully saturated rings. The monoisotopic (exact) mass is 347 g/mol. The molecule has 126 valence electrons. The van der Waals surface area contributed by atoms with Crippen LogP contribution in [0.5, 0.6) is 17.2 Å². The van der Waals surface area contributed by atoms with Crippen molar-refractivity contribution >= 4 is 17.5 Å². The summed E-state index contributed by atoms with van der Waals surface area (Å²) < 4.78 is 16.3. The van der Waals surface area contributed by atoms with Gasteiger partial charge in [0.15, 0.2) is 11.5 Å². The van der Waals surface area contributed by atoms with Crippen LogP contribution in [0.3, 0.4) is 0 Å². The van der Waals surface area contributed by atoms with E-state index in [1.165, 1.54) is 0 Å². The topological polar surface area (TPSA) is 48.0 Å². The molecule has 0 N–H and O–H groups in total. The van der Waals surface area contributed by atoms with Crippen molar-refractivity contribution in [1.82, 2.24) is 4.90 Å². The number of nitrogens with zero attached hydrogens (tertiary/aromatic N) is 1. The summed E-state index contributed by atoms with van der Waals surface area (Å²) in [6.07, 6.45) is 0. The third kappa shape index (κ3) is 3.41. The molecule has 0 atom stereocenters. The highest BCUT2D eigenvalue weighted by Gasteiger charge is 2.22. The highest BCUT2D eigenvalue weighted by Crippen LogP contribution is 2.39. The van der Waals surface area contributed by atoms with Gasteiger partial charge >= 0.3 is 0 Å². The van der Waals surface area contributed by atoms with E-state index in [-0.39, 0.29) is 12.7 Å². The summed E-state index contributed by atoms with van der Waals surface area (Å²) in [5.41, 5.74) is 1.52. The minimum Gasteiger partial charge on any atom is -0.491 e. The van der Waals surface area contributed by atoms with Crippen molar-refractivity contribution in [2.75, 3.05) is 27.0 Å². The van der Waals surface area contributed by atoms with Crippen LogP contribution in [0.15, 0.2) is 36.4 Å². The first-order valence-corrected chi connectivity index (χ1v) is 7.97. The molecule has 2 aromatic carbocycles. The van der Waals surface area contributed by atoms with Crippen LogP contribution >= 0.6 is 11.6 Å². The van der Waals surface area contributed by atoms with Crippen molar-refractivity contribution < 1.29 is 19.0 Å². The molecule has 0 saturated carbocycles. The predicted molar refractivity (Wildman–Crippen MR) is 91.2 cm³/mol. The summed E-state index contributed by atoms with van der Waals surface area (Å²) >= 11 is 6.12. The molecule has 1 aliphatic heterocycles. The van der Waals surface area contributed by atoms with Crippen LogP contribution in [0.4, 0.5) is 0 Å². The average Bonchev–Trinajstić information content (AvgIpc) is 3.05. The number of benzene rings is 2. The Bertz CT molecular complexity index is 763. The van der Waals surface area contributed by atoms with Gasteiger partial charge in [-0.2, -0.15) is 0 Å². The van der Waals surface area contributed by atoms with Gasteiger partial charge in [0, 0.05) is 12.6 Å². The molecule has 0 aliphatic carbocycles. The summed E-state index contributed by atoms with van der Waals surface area (Å²) in [5.74, 6) is 1.65. The van der Waals surface area contributed by atoms with Gasteiger partial charge in [0.2, 0.25) is 6.79 Å². The van der Waals surface area contributed by atoms with Crippen molar-refractivity contribution in [1.29, 1.82) is 0 Å². The molecule has 5 nitrogen and oxygen atoms in total. The number of likely N-dealkylation sites (N-methyl/N-ethyl adjacent to an activating group) is 1. The van der Waals surface area contributed by atoms with E-state index >= 15 is 0 Å². The van der Waals surface area contributed by atoms with Gasteiger partial charge in [-0.15, -0.1) is 0 Å². The van der Waals surface area contributed by atoms with Crippen LogP contribution in [-0.4, -0.2) is 37.8 Å². The Morgan fingerprint density at radius 2 is 2.08 bits per heavy atom. The average molecular weight is 348 g/mol. The van der Waals surface area contributed by atoms with Gasteiger partial charge in [-0.3, -0.25) is 4.79 Å². The number of halogens is 1. The Morgan fingerprint density at radius 1 is 1.29 bits per heavy atom. The molecule has 0 saturated heterocycles. The van der Waals surface area contributed by atoms with Gasteiger partial charge in [0.1, 0.15) is 12.4 Å². The SMILES string of the molecule is Cc1ccccc1OCCN(C)C(=O)c1cc(Cl)c2c(c1)OCO2. The van der Waals surface area contributed by atoms with Crippen LogP contribution < -0.4 is 14.2 Å². The number of rotatable bonds is 5. The van der Waals surface area contributed by atoms with Crippen LogP contribution in [0.1, 0.15) is 15.9 Å². The Balaban J connectivity index is 1.61. The minimum atomic E-state index is -0.149. The zero-order valence-electron chi connectivity index (χ0n) is 13.5. The van der Waals surface area contributed by atoms with Crippen molar-refractivity contribution in [3.8, 4) is 17.2 Å². The smallest absolute Gasteiger partial charge is 0.253 e. The van der Waals surface area contributed by atoms with E-state index in [1.807, 2.05) is 31.2 Å². The fourth-order valence-corrected chi connectivity index (χ4v) is 2.69. The summed E-state index contributed by atoms with van der Waals surface area (Å²) in [6, 6.07) is 11.0. The number of ether oxygens (including phenoxy) is 3. The van der Waals surface area contributed by atoms with Gasteiger partial charge in [-0.1, -0.05) is 29.8 Å². The number of para-hydroxylation sites is 1. The Morgan fingerprint density at radius 3 is 2.88 bits per heavy atom. The fraction of sp³-hybridized carbons (Fsp3) is 0.278. The molecule has 2 aromatic rings. The number of fused-ring (bicyclic) bond motifs is 1. The minimum absolute atomic E-state index is 0.118.